The molecule has 7 heteroatoms. The second kappa shape index (κ2) is 7.94. The highest BCUT2D eigenvalue weighted by atomic mass is 35.5. The number of carbonyl (C=O) groups is 2. The predicted octanol–water partition coefficient (Wildman–Crippen LogP) is 3.29. The molecule has 0 bridgehead atoms. The highest BCUT2D eigenvalue weighted by molar-refractivity contribution is 6.42. The van der Waals surface area contributed by atoms with Crippen LogP contribution < -0.4 is 10.6 Å². The number of halogens is 3. The number of benzene rings is 2. The van der Waals surface area contributed by atoms with E-state index < -0.39 is 11.7 Å². The Labute approximate surface area is 142 Å². The maximum absolute atomic E-state index is 13.4. The topological polar surface area (TPSA) is 58.2 Å². The summed E-state index contributed by atoms with van der Waals surface area (Å²) in [7, 11) is 0. The van der Waals surface area contributed by atoms with Gasteiger partial charge in [-0.2, -0.15) is 0 Å². The van der Waals surface area contributed by atoms with Gasteiger partial charge in [-0.3, -0.25) is 9.59 Å². The van der Waals surface area contributed by atoms with Crippen molar-refractivity contribution < 1.29 is 14.0 Å². The van der Waals surface area contributed by atoms with Gasteiger partial charge in [0.25, 0.3) is 11.8 Å². The van der Waals surface area contributed by atoms with E-state index in [0.29, 0.717) is 10.6 Å². The highest BCUT2D eigenvalue weighted by Gasteiger charge is 2.11. The first-order valence-electron chi connectivity index (χ1n) is 6.75. The van der Waals surface area contributed by atoms with Gasteiger partial charge >= 0.3 is 0 Å². The molecule has 0 aliphatic heterocycles. The first kappa shape index (κ1) is 17.2. The zero-order valence-corrected chi connectivity index (χ0v) is 13.4. The van der Waals surface area contributed by atoms with Crippen LogP contribution in [-0.4, -0.2) is 24.9 Å². The molecule has 0 unspecified atom stereocenters. The molecule has 0 spiro atoms. The molecule has 2 N–H and O–H groups in total. The molecule has 0 aromatic heterocycles. The molecule has 120 valence electrons. The van der Waals surface area contributed by atoms with Crippen LogP contribution in [0.5, 0.6) is 0 Å². The highest BCUT2D eigenvalue weighted by Crippen LogP contribution is 2.22. The van der Waals surface area contributed by atoms with Gasteiger partial charge in [0.05, 0.1) is 15.6 Å². The first-order chi connectivity index (χ1) is 11.0. The fourth-order valence-corrected chi connectivity index (χ4v) is 2.13. The third-order valence-corrected chi connectivity index (χ3v) is 3.74. The van der Waals surface area contributed by atoms with Crippen molar-refractivity contribution in [2.75, 3.05) is 13.1 Å². The van der Waals surface area contributed by atoms with Gasteiger partial charge in [-0.1, -0.05) is 35.3 Å². The van der Waals surface area contributed by atoms with E-state index >= 15 is 0 Å². The summed E-state index contributed by atoms with van der Waals surface area (Å²) in [5.74, 6) is -1.47. The van der Waals surface area contributed by atoms with Crippen LogP contribution in [0.1, 0.15) is 20.7 Å². The quantitative estimate of drug-likeness (QED) is 0.809. The van der Waals surface area contributed by atoms with Crippen LogP contribution >= 0.6 is 23.2 Å². The summed E-state index contributed by atoms with van der Waals surface area (Å²) in [6.45, 7) is 0.361. The maximum Gasteiger partial charge on any atom is 0.254 e. The summed E-state index contributed by atoms with van der Waals surface area (Å²) in [5.41, 5.74) is 0.322. The van der Waals surface area contributed by atoms with Crippen molar-refractivity contribution in [1.29, 1.82) is 0 Å². The molecule has 0 heterocycles. The molecule has 0 radical (unpaired) electrons. The van der Waals surface area contributed by atoms with E-state index in [1.54, 1.807) is 12.1 Å². The van der Waals surface area contributed by atoms with E-state index in [-0.39, 0.29) is 29.6 Å². The molecule has 4 nitrogen and oxygen atoms in total. The lowest BCUT2D eigenvalue weighted by Gasteiger charge is -2.08. The lowest BCUT2D eigenvalue weighted by atomic mass is 10.2. The number of nitrogens with one attached hydrogen (secondary N) is 2. The third kappa shape index (κ3) is 4.68. The Morgan fingerprint density at radius 1 is 0.913 bits per heavy atom. The fraction of sp³-hybridized carbons (Fsp3) is 0.125. The van der Waals surface area contributed by atoms with Gasteiger partial charge < -0.3 is 10.6 Å². The number of carbonyl (C=O) groups excluding carboxylic acids is 2. The van der Waals surface area contributed by atoms with Crippen molar-refractivity contribution in [2.45, 2.75) is 0 Å². The predicted molar refractivity (Wildman–Crippen MR) is 87.5 cm³/mol. The Bertz CT molecular complexity index is 738. The summed E-state index contributed by atoms with van der Waals surface area (Å²) in [5, 5.41) is 5.79. The van der Waals surface area contributed by atoms with E-state index in [0.717, 1.165) is 0 Å². The molecular weight excluding hydrogens is 342 g/mol. The van der Waals surface area contributed by atoms with Crippen molar-refractivity contribution >= 4 is 35.0 Å². The molecule has 2 rings (SSSR count). The van der Waals surface area contributed by atoms with Crippen LogP contribution in [0.25, 0.3) is 0 Å². The van der Waals surface area contributed by atoms with Gasteiger partial charge in [-0.25, -0.2) is 4.39 Å². The molecule has 0 aliphatic rings. The minimum Gasteiger partial charge on any atom is -0.350 e. The van der Waals surface area contributed by atoms with Gasteiger partial charge in [0, 0.05) is 18.7 Å². The van der Waals surface area contributed by atoms with E-state index in [1.807, 2.05) is 0 Å². The summed E-state index contributed by atoms with van der Waals surface area (Å²) in [4.78, 5) is 23.7. The van der Waals surface area contributed by atoms with Crippen LogP contribution in [0.3, 0.4) is 0 Å². The zero-order valence-electron chi connectivity index (χ0n) is 11.9. The summed E-state index contributed by atoms with van der Waals surface area (Å²) < 4.78 is 13.4. The molecular formula is C16H13Cl2FN2O2. The fourth-order valence-electron chi connectivity index (χ4n) is 1.83. The van der Waals surface area contributed by atoms with Crippen LogP contribution in [0.2, 0.25) is 10.0 Å². The van der Waals surface area contributed by atoms with Gasteiger partial charge in [-0.05, 0) is 30.3 Å². The molecule has 2 aromatic carbocycles. The summed E-state index contributed by atoms with van der Waals surface area (Å²) >= 11 is 11.6. The number of rotatable bonds is 5. The molecule has 0 aliphatic carbocycles. The van der Waals surface area contributed by atoms with Crippen molar-refractivity contribution in [3.63, 3.8) is 0 Å². The van der Waals surface area contributed by atoms with Crippen molar-refractivity contribution in [1.82, 2.24) is 10.6 Å². The van der Waals surface area contributed by atoms with E-state index in [2.05, 4.69) is 10.6 Å². The molecule has 2 aromatic rings. The summed E-state index contributed by atoms with van der Waals surface area (Å²) in [6.07, 6.45) is 0. The van der Waals surface area contributed by atoms with Crippen molar-refractivity contribution in [3.8, 4) is 0 Å². The average Bonchev–Trinajstić information content (AvgIpc) is 2.54. The number of amides is 2. The maximum atomic E-state index is 13.4. The van der Waals surface area contributed by atoms with Gasteiger partial charge in [0.15, 0.2) is 0 Å². The third-order valence-electron chi connectivity index (χ3n) is 3.00. The van der Waals surface area contributed by atoms with Crippen LogP contribution in [-0.2, 0) is 0 Å². The summed E-state index contributed by atoms with van der Waals surface area (Å²) in [6, 6.07) is 10.2. The normalized spacial score (nSPS) is 10.2. The van der Waals surface area contributed by atoms with Gasteiger partial charge in [0.1, 0.15) is 5.82 Å². The number of hydrogen-bond donors (Lipinski definition) is 2. The monoisotopic (exact) mass is 354 g/mol. The van der Waals surface area contributed by atoms with Gasteiger partial charge in [0.2, 0.25) is 0 Å². The lowest BCUT2D eigenvalue weighted by molar-refractivity contribution is 0.0925. The molecule has 0 saturated heterocycles. The molecule has 2 amide bonds. The van der Waals surface area contributed by atoms with Crippen LogP contribution in [0.4, 0.5) is 4.39 Å². The second-order valence-corrected chi connectivity index (χ2v) is 5.43. The standard InChI is InChI=1S/C16H13Cl2FN2O2/c17-12-6-5-10(9-13(12)18)15(22)20-7-8-21-16(23)11-3-1-2-4-14(11)19/h1-6,9H,7-8H2,(H,20,22)(H,21,23). The Hall–Kier alpha value is -2.11. The van der Waals surface area contributed by atoms with E-state index in [9.17, 15) is 14.0 Å². The average molecular weight is 355 g/mol. The Kier molecular flexibility index (Phi) is 5.96. The first-order valence-corrected chi connectivity index (χ1v) is 7.50. The smallest absolute Gasteiger partial charge is 0.254 e. The van der Waals surface area contributed by atoms with Crippen LogP contribution in [0, 0.1) is 5.82 Å². The number of hydrogen-bond acceptors (Lipinski definition) is 2. The molecule has 0 atom stereocenters. The largest absolute Gasteiger partial charge is 0.350 e. The van der Waals surface area contributed by atoms with Crippen molar-refractivity contribution in [3.05, 3.63) is 69.5 Å². The van der Waals surface area contributed by atoms with Gasteiger partial charge in [-0.15, -0.1) is 0 Å². The second-order valence-electron chi connectivity index (χ2n) is 4.62. The Morgan fingerprint density at radius 3 is 2.22 bits per heavy atom. The Morgan fingerprint density at radius 2 is 1.57 bits per heavy atom. The molecule has 0 saturated carbocycles. The minimum absolute atomic E-state index is 0.0386. The SMILES string of the molecule is O=C(NCCNC(=O)c1ccccc1F)c1ccc(Cl)c(Cl)c1. The van der Waals surface area contributed by atoms with Crippen molar-refractivity contribution in [2.24, 2.45) is 0 Å². The van der Waals surface area contributed by atoms with Crippen LogP contribution in [0.15, 0.2) is 42.5 Å². The van der Waals surface area contributed by atoms with E-state index in [1.165, 1.54) is 30.3 Å². The zero-order chi connectivity index (χ0) is 16.8. The minimum atomic E-state index is -0.593. The van der Waals surface area contributed by atoms with E-state index in [4.69, 9.17) is 23.2 Å². The Balaban J connectivity index is 1.81. The molecule has 0 fully saturated rings. The lowest BCUT2D eigenvalue weighted by Crippen LogP contribution is -2.35. The molecule has 23 heavy (non-hydrogen) atoms.